The first-order valence-electron chi connectivity index (χ1n) is 12.4. The molecule has 0 saturated heterocycles. The van der Waals surface area contributed by atoms with Crippen molar-refractivity contribution in [3.63, 3.8) is 0 Å². The summed E-state index contributed by atoms with van der Waals surface area (Å²) < 4.78 is 0. The van der Waals surface area contributed by atoms with Gasteiger partial charge in [0.1, 0.15) is 0 Å². The number of benzene rings is 2. The SMILES string of the molecule is CC(C)=c1cc2c(c(C3=CC(C(C)(C)C)=CC3)c1C(C)(C)C)=[C-]c1cc(C(C)(C)C)ccc1-2.[Cl-].[Cl-].[Zr+3]. The summed E-state index contributed by atoms with van der Waals surface area (Å²) in [6.45, 7) is 25.4. The van der Waals surface area contributed by atoms with Crippen molar-refractivity contribution in [2.24, 2.45) is 5.41 Å². The number of halogens is 2. The molecule has 0 bridgehead atoms. The zero-order chi connectivity index (χ0) is 24.5. The van der Waals surface area contributed by atoms with Crippen LogP contribution >= 0.6 is 0 Å². The first-order valence-corrected chi connectivity index (χ1v) is 12.4. The van der Waals surface area contributed by atoms with Crippen LogP contribution in [-0.2, 0) is 37.0 Å². The molecule has 0 fully saturated rings. The summed E-state index contributed by atoms with van der Waals surface area (Å²) in [7, 11) is 0. The molecule has 0 saturated carbocycles. The molecule has 0 atom stereocenters. The fraction of sp³-hybridized carbons (Fsp3) is 0.455. The van der Waals surface area contributed by atoms with Gasteiger partial charge in [-0.3, -0.25) is 0 Å². The smallest absolute Gasteiger partial charge is 1.00 e. The molecule has 2 aliphatic rings. The molecule has 2 aliphatic carbocycles. The third kappa shape index (κ3) is 6.06. The van der Waals surface area contributed by atoms with Crippen molar-refractivity contribution in [3.8, 4) is 11.1 Å². The Morgan fingerprint density at radius 2 is 1.39 bits per heavy atom. The average molecular weight is 600 g/mol. The van der Waals surface area contributed by atoms with Gasteiger partial charge in [-0.15, -0.1) is 34.1 Å². The van der Waals surface area contributed by atoms with Crippen LogP contribution in [0.25, 0.3) is 28.3 Å². The molecule has 1 radical (unpaired) electrons. The Morgan fingerprint density at radius 1 is 0.778 bits per heavy atom. The van der Waals surface area contributed by atoms with E-state index in [0.29, 0.717) is 0 Å². The van der Waals surface area contributed by atoms with Crippen molar-refractivity contribution < 1.29 is 51.0 Å². The maximum Gasteiger partial charge on any atom is 3.00 e. The normalized spacial score (nSPS) is 14.3. The molecular weight excluding hydrogens is 558 g/mol. The van der Waals surface area contributed by atoms with Gasteiger partial charge in [-0.05, 0) is 47.3 Å². The van der Waals surface area contributed by atoms with Crippen LogP contribution in [0.1, 0.15) is 105 Å². The van der Waals surface area contributed by atoms with Crippen LogP contribution in [0.5, 0.6) is 0 Å². The summed E-state index contributed by atoms with van der Waals surface area (Å²) in [5.74, 6) is 0. The van der Waals surface area contributed by atoms with Gasteiger partial charge in [-0.2, -0.15) is 0 Å². The van der Waals surface area contributed by atoms with Gasteiger partial charge < -0.3 is 24.8 Å². The summed E-state index contributed by atoms with van der Waals surface area (Å²) in [5, 5.41) is 2.69. The van der Waals surface area contributed by atoms with Crippen LogP contribution in [0.15, 0.2) is 42.0 Å². The van der Waals surface area contributed by atoms with Gasteiger partial charge in [-0.1, -0.05) is 121 Å². The van der Waals surface area contributed by atoms with Crippen molar-refractivity contribution in [2.75, 3.05) is 0 Å². The fourth-order valence-corrected chi connectivity index (χ4v) is 5.23. The quantitative estimate of drug-likeness (QED) is 0.375. The Labute approximate surface area is 251 Å². The average Bonchev–Trinajstić information content (AvgIpc) is 3.29. The number of hydrogen-bond donors (Lipinski definition) is 0. The zero-order valence-corrected chi connectivity index (χ0v) is 27.9. The molecule has 0 nitrogen and oxygen atoms in total. The maximum atomic E-state index is 3.89. The number of fused-ring (bicyclic) bond motifs is 3. The zero-order valence-electron chi connectivity index (χ0n) is 23.9. The minimum absolute atomic E-state index is 0. The molecule has 0 amide bonds. The molecular formula is C33H41Cl2Zr. The summed E-state index contributed by atoms with van der Waals surface area (Å²) in [4.78, 5) is 0. The molecule has 4 rings (SSSR count). The van der Waals surface area contributed by atoms with Crippen molar-refractivity contribution in [3.05, 3.63) is 74.7 Å². The van der Waals surface area contributed by atoms with E-state index in [9.17, 15) is 0 Å². The van der Waals surface area contributed by atoms with Crippen LogP contribution in [0.4, 0.5) is 0 Å². The van der Waals surface area contributed by atoms with Crippen LogP contribution in [-0.4, -0.2) is 0 Å². The van der Waals surface area contributed by atoms with E-state index in [4.69, 9.17) is 0 Å². The Hall–Kier alpha value is -0.877. The topological polar surface area (TPSA) is 0 Å². The Bertz CT molecular complexity index is 1330. The van der Waals surface area contributed by atoms with E-state index in [-0.39, 0.29) is 67.3 Å². The molecule has 0 aliphatic heterocycles. The van der Waals surface area contributed by atoms with E-state index in [2.05, 4.69) is 119 Å². The van der Waals surface area contributed by atoms with Gasteiger partial charge in [-0.25, -0.2) is 0 Å². The molecule has 191 valence electrons. The van der Waals surface area contributed by atoms with Gasteiger partial charge in [0, 0.05) is 0 Å². The van der Waals surface area contributed by atoms with E-state index in [1.807, 2.05) is 0 Å². The van der Waals surface area contributed by atoms with Gasteiger partial charge in [0.05, 0.1) is 0 Å². The fourth-order valence-electron chi connectivity index (χ4n) is 5.23. The predicted molar refractivity (Wildman–Crippen MR) is 146 cm³/mol. The van der Waals surface area contributed by atoms with E-state index in [0.717, 1.165) is 6.42 Å². The summed E-state index contributed by atoms with van der Waals surface area (Å²) in [5.41, 5.74) is 12.8. The molecule has 0 heterocycles. The van der Waals surface area contributed by atoms with Gasteiger partial charge >= 0.3 is 26.2 Å². The second-order valence-corrected chi connectivity index (χ2v) is 13.3. The number of hydrogen-bond acceptors (Lipinski definition) is 0. The Balaban J connectivity index is 0.00000216. The van der Waals surface area contributed by atoms with E-state index >= 15 is 0 Å². The number of rotatable bonds is 1. The molecule has 0 unspecified atom stereocenters. The van der Waals surface area contributed by atoms with Gasteiger partial charge in [0.15, 0.2) is 0 Å². The summed E-state index contributed by atoms with van der Waals surface area (Å²) >= 11 is 0. The summed E-state index contributed by atoms with van der Waals surface area (Å²) in [6, 6.07) is 9.44. The Morgan fingerprint density at radius 3 is 1.86 bits per heavy atom. The summed E-state index contributed by atoms with van der Waals surface area (Å²) in [6.07, 6.45) is 9.79. The largest absolute Gasteiger partial charge is 3.00 e. The van der Waals surface area contributed by atoms with E-state index in [1.165, 1.54) is 60.5 Å². The molecule has 0 N–H and O–H groups in total. The first kappa shape index (κ1) is 33.2. The third-order valence-corrected chi connectivity index (χ3v) is 7.11. The maximum absolute atomic E-state index is 3.89. The standard InChI is InChI=1S/C33H41.2ClH.Zr/c1-20(2)26-19-27-25-15-14-24(32(6,7)8)17-22(25)18-28(27)29(30(26)33(9,10)11)21-12-13-23(16-21)31(3,4)5;;;/h13-17,19H,12H2,1-11H3;2*1H;/q-1;;;+3/p-2. The van der Waals surface area contributed by atoms with Gasteiger partial charge in [0.2, 0.25) is 0 Å². The second kappa shape index (κ2) is 11.1. The van der Waals surface area contributed by atoms with Crippen molar-refractivity contribution in [2.45, 2.75) is 93.4 Å². The van der Waals surface area contributed by atoms with E-state index in [1.54, 1.807) is 0 Å². The minimum Gasteiger partial charge on any atom is -1.00 e. The van der Waals surface area contributed by atoms with Crippen LogP contribution in [0.2, 0.25) is 0 Å². The van der Waals surface area contributed by atoms with Crippen LogP contribution < -0.4 is 35.3 Å². The molecule has 2 aromatic rings. The van der Waals surface area contributed by atoms with Crippen LogP contribution in [0, 0.1) is 5.41 Å². The Kier molecular flexibility index (Phi) is 10.2. The van der Waals surface area contributed by atoms with Crippen LogP contribution in [0.3, 0.4) is 0 Å². The van der Waals surface area contributed by atoms with Crippen molar-refractivity contribution >= 4 is 17.2 Å². The van der Waals surface area contributed by atoms with Crippen molar-refractivity contribution in [1.82, 2.24) is 0 Å². The molecule has 2 aromatic carbocycles. The first-order chi connectivity index (χ1) is 15.1. The minimum atomic E-state index is 0. The second-order valence-electron chi connectivity index (χ2n) is 13.3. The predicted octanol–water partition coefficient (Wildman–Crippen LogP) is 1.92. The molecule has 3 heteroatoms. The molecule has 0 spiro atoms. The van der Waals surface area contributed by atoms with Gasteiger partial charge in [0.25, 0.3) is 0 Å². The monoisotopic (exact) mass is 597 g/mol. The molecule has 36 heavy (non-hydrogen) atoms. The number of allylic oxidation sites excluding steroid dienone is 4. The molecule has 0 aromatic heterocycles. The van der Waals surface area contributed by atoms with E-state index < -0.39 is 0 Å². The third-order valence-electron chi connectivity index (χ3n) is 7.11. The van der Waals surface area contributed by atoms with Crippen molar-refractivity contribution in [1.29, 1.82) is 0 Å².